The van der Waals surface area contributed by atoms with Crippen molar-refractivity contribution in [2.75, 3.05) is 16.8 Å². The van der Waals surface area contributed by atoms with Gasteiger partial charge in [-0.1, -0.05) is 115 Å². The summed E-state index contributed by atoms with van der Waals surface area (Å²) < 4.78 is 12.4. The molecule has 4 saturated heterocycles. The Morgan fingerprint density at radius 1 is 0.402 bits per heavy atom. The maximum absolute atomic E-state index is 14.2. The van der Waals surface area contributed by atoms with E-state index in [1.54, 1.807) is 48.5 Å². The van der Waals surface area contributed by atoms with Crippen LogP contribution >= 0.6 is 0 Å². The fourth-order valence-electron chi connectivity index (χ4n) is 16.4. The van der Waals surface area contributed by atoms with Gasteiger partial charge >= 0.3 is 0 Å². The van der Waals surface area contributed by atoms with Gasteiger partial charge < -0.3 is 9.47 Å². The first-order chi connectivity index (χ1) is 39.4. The fraction of sp³-hybridized carbons (Fsp3) is 0.471. The summed E-state index contributed by atoms with van der Waals surface area (Å²) in [4.78, 5) is 115. The monoisotopic (exact) mass is 1100 g/mol. The number of likely N-dealkylation sites (tertiary alicyclic amines) is 2. The molecule has 0 aromatic heterocycles. The van der Waals surface area contributed by atoms with Crippen LogP contribution in [0.15, 0.2) is 121 Å². The number of hydrogen-bond acceptors (Lipinski definition) is 10. The van der Waals surface area contributed by atoms with Gasteiger partial charge in [-0.3, -0.25) is 58.0 Å². The van der Waals surface area contributed by atoms with Crippen LogP contribution in [-0.4, -0.2) is 70.1 Å². The van der Waals surface area contributed by atoms with Crippen molar-refractivity contribution in [1.82, 2.24) is 9.80 Å². The smallest absolute Gasteiger partial charge is 0.238 e. The van der Waals surface area contributed by atoms with Crippen LogP contribution in [0.3, 0.4) is 0 Å². The minimum Gasteiger partial charge on any atom is -0.457 e. The van der Waals surface area contributed by atoms with E-state index in [2.05, 4.69) is 34.6 Å². The third kappa shape index (κ3) is 8.53. The van der Waals surface area contributed by atoms with Crippen LogP contribution in [0.1, 0.15) is 104 Å². The summed E-state index contributed by atoms with van der Waals surface area (Å²) >= 11 is 0. The van der Waals surface area contributed by atoms with E-state index >= 15 is 0 Å². The normalized spacial score (nSPS) is 34.1. The number of imide groups is 4. The van der Waals surface area contributed by atoms with E-state index in [9.17, 15) is 38.4 Å². The first kappa shape index (κ1) is 53.8. The highest BCUT2D eigenvalue weighted by Gasteiger charge is 2.70. The van der Waals surface area contributed by atoms with Crippen molar-refractivity contribution >= 4 is 58.6 Å². The highest BCUT2D eigenvalue weighted by molar-refractivity contribution is 6.24. The molecule has 14 nitrogen and oxygen atoms in total. The third-order valence-electron chi connectivity index (χ3n) is 21.2. The number of nitrogens with zero attached hydrogens (tertiary/aromatic N) is 4. The second-order valence-electron chi connectivity index (χ2n) is 25.9. The Bertz CT molecular complexity index is 3230. The largest absolute Gasteiger partial charge is 0.457 e. The maximum atomic E-state index is 14.2. The highest BCUT2D eigenvalue weighted by Crippen LogP contribution is 2.60. The Balaban J connectivity index is 0.000000642. The molecular formula is C68H72N4O10. The van der Waals surface area contributed by atoms with Gasteiger partial charge in [0.15, 0.2) is 0 Å². The van der Waals surface area contributed by atoms with Crippen molar-refractivity contribution in [2.24, 2.45) is 88.8 Å². The standard InChI is InChI=1S/C59H54N4O10.C9H18/c1-29-5-11-32(12-6-29)61-55(68)47-41-27-28-42(48(47)56(61)69)50-49(41)57(70)63(58(50)71)34-15-23-38(24-16-34)73-36-19-9-31(10-20-36)59(2,3)30-7-17-35(18-8-30)72-37-21-13-33(14-22-37)62-53(66)45-39-25-26-40(46(45)54(62)67)44-43(39)51(64)60(4)52(44)65;1-3-9-6-4-8(2)5-7-9/h7-10,13-29,32,39-50H,5-6,11-12H2,1-4H3;8-9H,3-7H2,1-2H3. The van der Waals surface area contributed by atoms with Crippen LogP contribution in [0, 0.1) is 88.8 Å². The van der Waals surface area contributed by atoms with Crippen LogP contribution in [0.4, 0.5) is 11.4 Å². The molecule has 8 aliphatic carbocycles. The molecule has 4 heterocycles. The van der Waals surface area contributed by atoms with Crippen LogP contribution in [0.2, 0.25) is 0 Å². The molecule has 4 aromatic rings. The number of benzene rings is 4. The van der Waals surface area contributed by atoms with E-state index in [0.717, 1.165) is 53.5 Å². The number of carbonyl (C=O) groups excluding carboxylic acids is 8. The zero-order valence-electron chi connectivity index (χ0n) is 47.5. The molecule has 424 valence electrons. The van der Waals surface area contributed by atoms with Crippen molar-refractivity contribution in [2.45, 2.75) is 104 Å². The quantitative estimate of drug-likeness (QED) is 0.110. The Morgan fingerprint density at radius 3 is 1.02 bits per heavy atom. The molecule has 8 fully saturated rings. The average molecular weight is 1110 g/mol. The molecule has 12 unspecified atom stereocenters. The number of allylic oxidation sites excluding steroid dienone is 4. The van der Waals surface area contributed by atoms with Gasteiger partial charge in [-0.15, -0.1) is 0 Å². The van der Waals surface area contributed by atoms with Gasteiger partial charge in [-0.05, 0) is 127 Å². The molecule has 0 N–H and O–H groups in total. The lowest BCUT2D eigenvalue weighted by Crippen LogP contribution is -2.50. The summed E-state index contributed by atoms with van der Waals surface area (Å²) in [5.41, 5.74) is 2.53. The van der Waals surface area contributed by atoms with Crippen molar-refractivity contribution < 1.29 is 47.8 Å². The Hall–Kier alpha value is -7.48. The SMILES string of the molecule is CC1CCC(N2C(=O)C3C4C=CC(C5C(=O)N(c6ccc(Oc7ccc(C(C)(C)c8ccc(Oc9ccc(N%10C(=O)C%11C%12C=CC(C%13C(=O)N(C)C(=O)C%12%13)C%11C%10=O)cc9)cc8)cc7)cc6)C(=O)C45)C3C2=O)CC1.CCC1CCC(C)CC1. The molecule has 4 saturated carbocycles. The molecule has 0 spiro atoms. The predicted molar refractivity (Wildman–Crippen MR) is 306 cm³/mol. The van der Waals surface area contributed by atoms with Gasteiger partial charge in [0.2, 0.25) is 47.3 Å². The van der Waals surface area contributed by atoms with E-state index < -0.39 is 76.4 Å². The van der Waals surface area contributed by atoms with Crippen LogP contribution in [0.25, 0.3) is 0 Å². The molecule has 0 radical (unpaired) electrons. The summed E-state index contributed by atoms with van der Waals surface area (Å²) in [6.45, 7) is 11.2. The van der Waals surface area contributed by atoms with Crippen LogP contribution < -0.4 is 19.3 Å². The van der Waals surface area contributed by atoms with Crippen LogP contribution in [0.5, 0.6) is 23.0 Å². The molecule has 4 bridgehead atoms. The topological polar surface area (TPSA) is 168 Å². The molecule has 82 heavy (non-hydrogen) atoms. The molecule has 4 aliphatic heterocycles. The molecule has 14 heteroatoms. The van der Waals surface area contributed by atoms with E-state index in [1.807, 2.05) is 72.8 Å². The number of ether oxygens (including phenoxy) is 2. The molecule has 12 aliphatic rings. The average Bonchev–Trinajstić information content (AvgIpc) is 2.30. The summed E-state index contributed by atoms with van der Waals surface area (Å²) in [6.07, 6.45) is 18.5. The second-order valence-corrected chi connectivity index (χ2v) is 25.9. The lowest BCUT2D eigenvalue weighted by molar-refractivity contribution is -0.144. The zero-order chi connectivity index (χ0) is 57.2. The Labute approximate surface area is 479 Å². The van der Waals surface area contributed by atoms with E-state index in [4.69, 9.17) is 9.47 Å². The summed E-state index contributed by atoms with van der Waals surface area (Å²) in [6, 6.07) is 29.1. The maximum Gasteiger partial charge on any atom is 0.238 e. The number of anilines is 2. The molecule has 8 amide bonds. The van der Waals surface area contributed by atoms with Gasteiger partial charge in [0, 0.05) is 42.2 Å². The second kappa shape index (κ2) is 20.4. The molecule has 12 atom stereocenters. The van der Waals surface area contributed by atoms with E-state index in [-0.39, 0.29) is 53.3 Å². The molecule has 4 aromatic carbocycles. The lowest BCUT2D eigenvalue weighted by atomic mass is 9.54. The molecular weight excluding hydrogens is 1030 g/mol. The van der Waals surface area contributed by atoms with Gasteiger partial charge in [0.05, 0.1) is 58.7 Å². The van der Waals surface area contributed by atoms with Gasteiger partial charge in [-0.25, -0.2) is 0 Å². The van der Waals surface area contributed by atoms with Gasteiger partial charge in [-0.2, -0.15) is 0 Å². The third-order valence-corrected chi connectivity index (χ3v) is 21.2. The number of amides is 8. The van der Waals surface area contributed by atoms with Crippen molar-refractivity contribution in [3.8, 4) is 23.0 Å². The zero-order valence-corrected chi connectivity index (χ0v) is 47.5. The van der Waals surface area contributed by atoms with E-state index in [1.165, 1.54) is 53.9 Å². The fourth-order valence-corrected chi connectivity index (χ4v) is 16.4. The minimum absolute atomic E-state index is 0.106. The van der Waals surface area contributed by atoms with Gasteiger partial charge in [0.25, 0.3) is 0 Å². The summed E-state index contributed by atoms with van der Waals surface area (Å²) in [5.74, 6) is -4.49. The van der Waals surface area contributed by atoms with Crippen LogP contribution in [-0.2, 0) is 43.8 Å². The number of hydrogen-bond donors (Lipinski definition) is 0. The van der Waals surface area contributed by atoms with Crippen molar-refractivity contribution in [3.63, 3.8) is 0 Å². The number of rotatable bonds is 10. The first-order valence-corrected chi connectivity index (χ1v) is 30.0. The summed E-state index contributed by atoms with van der Waals surface area (Å²) in [7, 11) is 1.47. The van der Waals surface area contributed by atoms with Gasteiger partial charge in [0.1, 0.15) is 23.0 Å². The first-order valence-electron chi connectivity index (χ1n) is 30.0. The lowest BCUT2D eigenvalue weighted by Gasteiger charge is -2.44. The molecule has 16 rings (SSSR count). The Kier molecular flexibility index (Phi) is 13.4. The van der Waals surface area contributed by atoms with E-state index in [0.29, 0.717) is 40.3 Å². The minimum atomic E-state index is -0.680. The summed E-state index contributed by atoms with van der Waals surface area (Å²) in [5, 5.41) is 0. The predicted octanol–water partition coefficient (Wildman–Crippen LogP) is 11.1. The van der Waals surface area contributed by atoms with Crippen molar-refractivity contribution in [1.29, 1.82) is 0 Å². The highest BCUT2D eigenvalue weighted by atomic mass is 16.5. The number of carbonyl (C=O) groups is 8. The Morgan fingerprint density at radius 2 is 0.695 bits per heavy atom. The van der Waals surface area contributed by atoms with Crippen molar-refractivity contribution in [3.05, 3.63) is 132 Å².